The Labute approximate surface area is 313 Å². The van der Waals surface area contributed by atoms with Crippen molar-refractivity contribution in [2.45, 2.75) is 101 Å². The summed E-state index contributed by atoms with van der Waals surface area (Å²) in [6.07, 6.45) is 6.11. The third kappa shape index (κ3) is 11.0. The number of nitrogens with one attached hydrogen (secondary N) is 1. The molecule has 2 aromatic carbocycles. The molecule has 0 spiro atoms. The third-order valence-corrected chi connectivity index (χ3v) is 12.2. The lowest BCUT2D eigenvalue weighted by Gasteiger charge is -2.31. The van der Waals surface area contributed by atoms with Gasteiger partial charge in [-0.2, -0.15) is 4.31 Å². The van der Waals surface area contributed by atoms with Crippen LogP contribution < -0.4 is 19.5 Å². The molecule has 0 bridgehead atoms. The minimum Gasteiger partial charge on any atom is -0.494 e. The maximum Gasteiger partial charge on any atom is 0.407 e. The average Bonchev–Trinajstić information content (AvgIpc) is 3.90. The maximum absolute atomic E-state index is 14.0. The molecule has 0 saturated carbocycles. The number of hydrogen-bond donors (Lipinski definition) is 2. The monoisotopic (exact) mass is 760 g/mol. The number of carbonyl (C=O) groups excluding carboxylic acids is 1. The number of aliphatic hydroxyl groups is 1. The summed E-state index contributed by atoms with van der Waals surface area (Å²) in [5, 5.41) is 14.6. The SMILES string of the molecule is CC(C)CN(C[C@@H](O)[C@H](Cc1ccc(OCCCC2CCCCOCCC2)cc1)NC(=O)O[C@H]1COC2OCC[C@H]21)S(=O)(=O)c1ccc2c(c1)OCO2. The van der Waals surface area contributed by atoms with Crippen molar-refractivity contribution in [1.82, 2.24) is 9.62 Å². The van der Waals surface area contributed by atoms with Crippen molar-refractivity contribution in [3.8, 4) is 17.2 Å². The molecule has 4 heterocycles. The lowest BCUT2D eigenvalue weighted by atomic mass is 9.93. The van der Waals surface area contributed by atoms with Crippen molar-refractivity contribution in [3.05, 3.63) is 48.0 Å². The number of carbonyl (C=O) groups is 1. The van der Waals surface area contributed by atoms with Gasteiger partial charge in [0.2, 0.25) is 16.8 Å². The summed E-state index contributed by atoms with van der Waals surface area (Å²) in [5.74, 6) is 2.17. The Morgan fingerprint density at radius 3 is 2.58 bits per heavy atom. The Kier molecular flexibility index (Phi) is 14.1. The second kappa shape index (κ2) is 18.9. The highest BCUT2D eigenvalue weighted by Crippen LogP contribution is 2.35. The molecule has 3 fully saturated rings. The Hall–Kier alpha value is -3.14. The quantitative estimate of drug-likeness (QED) is 0.215. The summed E-state index contributed by atoms with van der Waals surface area (Å²) in [5.41, 5.74) is 0.831. The number of nitrogens with zero attached hydrogens (tertiary/aromatic N) is 1. The van der Waals surface area contributed by atoms with Gasteiger partial charge in [-0.25, -0.2) is 13.2 Å². The van der Waals surface area contributed by atoms with E-state index in [0.29, 0.717) is 30.6 Å². The number of sulfonamides is 1. The first-order chi connectivity index (χ1) is 25.7. The Balaban J connectivity index is 1.11. The number of amides is 1. The molecule has 4 aliphatic heterocycles. The first kappa shape index (κ1) is 39.6. The van der Waals surface area contributed by atoms with Gasteiger partial charge in [0.1, 0.15) is 11.9 Å². The zero-order chi connectivity index (χ0) is 37.2. The van der Waals surface area contributed by atoms with E-state index in [1.54, 1.807) is 6.07 Å². The number of fused-ring (bicyclic) bond motifs is 2. The molecule has 0 aliphatic carbocycles. The fourth-order valence-corrected chi connectivity index (χ4v) is 9.18. The first-order valence-electron chi connectivity index (χ1n) is 19.2. The van der Waals surface area contributed by atoms with Crippen molar-refractivity contribution in [1.29, 1.82) is 0 Å². The van der Waals surface area contributed by atoms with Crippen molar-refractivity contribution in [3.63, 3.8) is 0 Å². The van der Waals surface area contributed by atoms with Crippen molar-refractivity contribution < 1.29 is 51.5 Å². The third-order valence-electron chi connectivity index (χ3n) is 10.4. The summed E-state index contributed by atoms with van der Waals surface area (Å²) in [7, 11) is -4.06. The number of benzene rings is 2. The molecular weight excluding hydrogens is 704 g/mol. The van der Waals surface area contributed by atoms with Gasteiger partial charge < -0.3 is 43.6 Å². The van der Waals surface area contributed by atoms with E-state index in [2.05, 4.69) is 5.32 Å². The molecule has 1 amide bonds. The molecule has 294 valence electrons. The summed E-state index contributed by atoms with van der Waals surface area (Å²) in [6, 6.07) is 11.2. The molecule has 3 saturated heterocycles. The van der Waals surface area contributed by atoms with Gasteiger partial charge in [0.25, 0.3) is 0 Å². The van der Waals surface area contributed by atoms with Crippen LogP contribution in [0.4, 0.5) is 4.79 Å². The molecule has 0 radical (unpaired) electrons. The minimum absolute atomic E-state index is 0.0160. The predicted octanol–water partition coefficient (Wildman–Crippen LogP) is 5.28. The first-order valence-corrected chi connectivity index (χ1v) is 20.7. The molecule has 4 aliphatic rings. The van der Waals surface area contributed by atoms with Crippen LogP contribution in [-0.2, 0) is 35.4 Å². The summed E-state index contributed by atoms with van der Waals surface area (Å²) in [6.45, 7) is 6.84. The van der Waals surface area contributed by atoms with Crippen LogP contribution >= 0.6 is 0 Å². The summed E-state index contributed by atoms with van der Waals surface area (Å²) in [4.78, 5) is 13.4. The zero-order valence-electron chi connectivity index (χ0n) is 31.0. The van der Waals surface area contributed by atoms with Gasteiger partial charge in [-0.15, -0.1) is 0 Å². The minimum atomic E-state index is -4.06. The van der Waals surface area contributed by atoms with Gasteiger partial charge in [-0.3, -0.25) is 0 Å². The van der Waals surface area contributed by atoms with E-state index in [9.17, 15) is 18.3 Å². The lowest BCUT2D eigenvalue weighted by molar-refractivity contribution is -0.0907. The molecule has 53 heavy (non-hydrogen) atoms. The van der Waals surface area contributed by atoms with Gasteiger partial charge in [0, 0.05) is 32.4 Å². The van der Waals surface area contributed by atoms with Crippen LogP contribution in [0.5, 0.6) is 17.2 Å². The largest absolute Gasteiger partial charge is 0.494 e. The van der Waals surface area contributed by atoms with Crippen LogP contribution in [-0.4, -0.2) is 101 Å². The Bertz CT molecular complexity index is 1560. The second-order valence-electron chi connectivity index (χ2n) is 15.0. The average molecular weight is 761 g/mol. The van der Waals surface area contributed by atoms with Crippen molar-refractivity contribution in [2.24, 2.45) is 17.8 Å². The Morgan fingerprint density at radius 2 is 1.75 bits per heavy atom. The van der Waals surface area contributed by atoms with Crippen LogP contribution in [0.25, 0.3) is 0 Å². The van der Waals surface area contributed by atoms with E-state index in [-0.39, 0.29) is 55.9 Å². The molecule has 6 atom stereocenters. The van der Waals surface area contributed by atoms with Crippen LogP contribution in [0.2, 0.25) is 0 Å². The van der Waals surface area contributed by atoms with Crippen LogP contribution in [0.3, 0.4) is 0 Å². The molecule has 2 N–H and O–H groups in total. The van der Waals surface area contributed by atoms with E-state index >= 15 is 0 Å². The topological polar surface area (TPSA) is 151 Å². The standard InChI is InChI=1S/C39H56N2O11S/c1-27(2)23-41(53(44,45)31-14-15-35-36(22-31)51-26-50-35)24-34(42)33(40-39(43)52-37-25-49-38-32(37)16-20-48-38)21-29-10-12-30(13-11-29)47-19-6-9-28-7-3-4-17-46-18-5-8-28/h10-15,22,27-28,32-34,37-38,42H,3-9,16-21,23-26H2,1-2H3,(H,40,43)/t28?,32-,33-,34+,37-,38?/m0/s1. The van der Waals surface area contributed by atoms with Crippen molar-refractivity contribution >= 4 is 16.1 Å². The normalized spacial score (nSPS) is 24.2. The van der Waals surface area contributed by atoms with E-state index in [1.165, 1.54) is 35.7 Å². The van der Waals surface area contributed by atoms with Gasteiger partial charge in [0.15, 0.2) is 17.8 Å². The fraction of sp³-hybridized carbons (Fsp3) is 0.667. The predicted molar refractivity (Wildman–Crippen MR) is 195 cm³/mol. The highest BCUT2D eigenvalue weighted by molar-refractivity contribution is 7.89. The van der Waals surface area contributed by atoms with Crippen molar-refractivity contribution in [2.75, 3.05) is 52.9 Å². The van der Waals surface area contributed by atoms with Gasteiger partial charge in [-0.1, -0.05) is 38.8 Å². The molecule has 14 heteroatoms. The molecule has 0 aromatic heterocycles. The van der Waals surface area contributed by atoms with Crippen LogP contribution in [0, 0.1) is 17.8 Å². The molecule has 13 nitrogen and oxygen atoms in total. The second-order valence-corrected chi connectivity index (χ2v) is 16.9. The number of ether oxygens (including phenoxy) is 7. The molecule has 2 unspecified atom stereocenters. The lowest BCUT2D eigenvalue weighted by Crippen LogP contribution is -2.51. The summed E-state index contributed by atoms with van der Waals surface area (Å²) >= 11 is 0. The number of aliphatic hydroxyl groups excluding tert-OH is 1. The van der Waals surface area contributed by atoms with Gasteiger partial charge in [0.05, 0.1) is 42.8 Å². The molecule has 2 aromatic rings. The highest BCUT2D eigenvalue weighted by Gasteiger charge is 2.44. The smallest absolute Gasteiger partial charge is 0.407 e. The van der Waals surface area contributed by atoms with Crippen LogP contribution in [0.1, 0.15) is 70.8 Å². The highest BCUT2D eigenvalue weighted by atomic mass is 32.2. The van der Waals surface area contributed by atoms with E-state index in [0.717, 1.165) is 56.6 Å². The van der Waals surface area contributed by atoms with E-state index in [4.69, 9.17) is 33.2 Å². The Morgan fingerprint density at radius 1 is 0.962 bits per heavy atom. The fourth-order valence-electron chi connectivity index (χ4n) is 7.54. The van der Waals surface area contributed by atoms with E-state index in [1.807, 2.05) is 38.1 Å². The van der Waals surface area contributed by atoms with E-state index < -0.39 is 34.4 Å². The molecule has 6 rings (SSSR count). The number of alkyl carbamates (subject to hydrolysis) is 1. The summed E-state index contributed by atoms with van der Waals surface area (Å²) < 4.78 is 68.8. The zero-order valence-corrected chi connectivity index (χ0v) is 31.8. The van der Waals surface area contributed by atoms with Crippen LogP contribution in [0.15, 0.2) is 47.4 Å². The maximum atomic E-state index is 14.0. The molecular formula is C39H56N2O11S. The number of hydrogen-bond acceptors (Lipinski definition) is 11. The van der Waals surface area contributed by atoms with Gasteiger partial charge >= 0.3 is 6.09 Å². The number of rotatable bonds is 16. The van der Waals surface area contributed by atoms with Gasteiger partial charge in [-0.05, 0) is 86.6 Å².